The van der Waals surface area contributed by atoms with E-state index in [1.165, 1.54) is 11.3 Å². The summed E-state index contributed by atoms with van der Waals surface area (Å²) in [5.74, 6) is -0.847. The Balaban J connectivity index is 2.96. The standard InChI is InChI=1S/C12H20N2O2S/c1-6-8(2)14(5)11-13-9(7-17-11)12(3,4)10(15)16/h7-8H,6H2,1-5H3,(H,15,16). The number of carbonyl (C=O) groups is 1. The van der Waals surface area contributed by atoms with Gasteiger partial charge in [-0.25, -0.2) is 4.98 Å². The zero-order valence-corrected chi connectivity index (χ0v) is 11.8. The van der Waals surface area contributed by atoms with Crippen LogP contribution in [0.25, 0.3) is 0 Å². The number of anilines is 1. The summed E-state index contributed by atoms with van der Waals surface area (Å²) in [6, 6.07) is 0.405. The minimum atomic E-state index is -0.926. The van der Waals surface area contributed by atoms with E-state index in [1.54, 1.807) is 13.8 Å². The van der Waals surface area contributed by atoms with Gasteiger partial charge < -0.3 is 10.0 Å². The van der Waals surface area contributed by atoms with E-state index < -0.39 is 11.4 Å². The normalized spacial score (nSPS) is 13.5. The predicted molar refractivity (Wildman–Crippen MR) is 70.9 cm³/mol. The van der Waals surface area contributed by atoms with Gasteiger partial charge in [0.05, 0.1) is 5.69 Å². The summed E-state index contributed by atoms with van der Waals surface area (Å²) in [5, 5.41) is 11.9. The molecule has 1 aromatic heterocycles. The number of aliphatic carboxylic acids is 1. The van der Waals surface area contributed by atoms with Gasteiger partial charge in [-0.2, -0.15) is 0 Å². The van der Waals surface area contributed by atoms with Gasteiger partial charge in [0, 0.05) is 18.5 Å². The molecule has 1 heterocycles. The van der Waals surface area contributed by atoms with Gasteiger partial charge in [0.15, 0.2) is 5.13 Å². The van der Waals surface area contributed by atoms with Crippen LogP contribution in [0.5, 0.6) is 0 Å². The molecular formula is C12H20N2O2S. The van der Waals surface area contributed by atoms with Crippen LogP contribution < -0.4 is 4.90 Å². The lowest BCUT2D eigenvalue weighted by atomic mass is 9.90. The van der Waals surface area contributed by atoms with E-state index in [0.717, 1.165) is 11.6 Å². The molecule has 17 heavy (non-hydrogen) atoms. The van der Waals surface area contributed by atoms with Crippen molar-refractivity contribution in [1.82, 2.24) is 4.98 Å². The van der Waals surface area contributed by atoms with Gasteiger partial charge in [0.25, 0.3) is 0 Å². The molecule has 0 aliphatic heterocycles. The molecule has 1 rings (SSSR count). The third kappa shape index (κ3) is 2.77. The third-order valence-electron chi connectivity index (χ3n) is 3.22. The Morgan fingerprint density at radius 3 is 2.71 bits per heavy atom. The molecule has 1 atom stereocenters. The molecular weight excluding hydrogens is 236 g/mol. The Bertz CT molecular complexity index is 401. The number of carboxylic acids is 1. The molecule has 96 valence electrons. The highest BCUT2D eigenvalue weighted by molar-refractivity contribution is 7.13. The number of hydrogen-bond acceptors (Lipinski definition) is 4. The van der Waals surface area contributed by atoms with Crippen molar-refractivity contribution >= 4 is 22.4 Å². The van der Waals surface area contributed by atoms with Gasteiger partial charge in [-0.05, 0) is 27.2 Å². The van der Waals surface area contributed by atoms with Crippen LogP contribution in [-0.4, -0.2) is 29.1 Å². The maximum Gasteiger partial charge on any atom is 0.315 e. The molecule has 0 fully saturated rings. The Morgan fingerprint density at radius 2 is 2.24 bits per heavy atom. The monoisotopic (exact) mass is 256 g/mol. The van der Waals surface area contributed by atoms with Crippen molar-refractivity contribution in [2.24, 2.45) is 0 Å². The first-order chi connectivity index (χ1) is 7.80. The van der Waals surface area contributed by atoms with Gasteiger partial charge in [0.1, 0.15) is 5.41 Å². The topological polar surface area (TPSA) is 53.4 Å². The SMILES string of the molecule is CCC(C)N(C)c1nc(C(C)(C)C(=O)O)cs1. The smallest absolute Gasteiger partial charge is 0.315 e. The van der Waals surface area contributed by atoms with Crippen molar-refractivity contribution in [2.75, 3.05) is 11.9 Å². The minimum absolute atomic E-state index is 0.405. The Hall–Kier alpha value is -1.10. The number of nitrogens with zero attached hydrogens (tertiary/aromatic N) is 2. The first kappa shape index (κ1) is 14.0. The number of thiazole rings is 1. The highest BCUT2D eigenvalue weighted by atomic mass is 32.1. The summed E-state index contributed by atoms with van der Waals surface area (Å²) in [6.45, 7) is 7.61. The lowest BCUT2D eigenvalue weighted by Crippen LogP contribution is -2.30. The molecule has 0 aromatic carbocycles. The van der Waals surface area contributed by atoms with Crippen LogP contribution in [0.4, 0.5) is 5.13 Å². The zero-order valence-electron chi connectivity index (χ0n) is 11.0. The van der Waals surface area contributed by atoms with E-state index in [2.05, 4.69) is 23.7 Å². The van der Waals surface area contributed by atoms with Crippen molar-refractivity contribution in [3.8, 4) is 0 Å². The third-order valence-corrected chi connectivity index (χ3v) is 4.15. The number of carboxylic acid groups (broad SMARTS) is 1. The summed E-state index contributed by atoms with van der Waals surface area (Å²) in [5.41, 5.74) is -0.300. The molecule has 0 amide bonds. The number of aromatic nitrogens is 1. The first-order valence-corrected chi connectivity index (χ1v) is 6.60. The molecule has 5 heteroatoms. The van der Waals surface area contributed by atoms with Gasteiger partial charge in [-0.3, -0.25) is 4.79 Å². The summed E-state index contributed by atoms with van der Waals surface area (Å²) >= 11 is 1.50. The zero-order chi connectivity index (χ0) is 13.2. The fraction of sp³-hybridized carbons (Fsp3) is 0.667. The molecule has 0 saturated carbocycles. The maximum atomic E-state index is 11.1. The van der Waals surface area contributed by atoms with Crippen LogP contribution in [0.2, 0.25) is 0 Å². The molecule has 1 unspecified atom stereocenters. The quantitative estimate of drug-likeness (QED) is 0.880. The second kappa shape index (κ2) is 5.04. The van der Waals surface area contributed by atoms with E-state index in [4.69, 9.17) is 5.11 Å². The highest BCUT2D eigenvalue weighted by Gasteiger charge is 2.32. The predicted octanol–water partition coefficient (Wildman–Crippen LogP) is 2.74. The van der Waals surface area contributed by atoms with Crippen LogP contribution in [0, 0.1) is 0 Å². The van der Waals surface area contributed by atoms with Gasteiger partial charge in [0.2, 0.25) is 0 Å². The van der Waals surface area contributed by atoms with Crippen LogP contribution in [0.1, 0.15) is 39.8 Å². The highest BCUT2D eigenvalue weighted by Crippen LogP contribution is 2.29. The minimum Gasteiger partial charge on any atom is -0.481 e. The average Bonchev–Trinajstić information content (AvgIpc) is 2.76. The summed E-state index contributed by atoms with van der Waals surface area (Å²) in [7, 11) is 1.99. The lowest BCUT2D eigenvalue weighted by molar-refractivity contribution is -0.142. The van der Waals surface area contributed by atoms with Crippen molar-refractivity contribution in [3.05, 3.63) is 11.1 Å². The first-order valence-electron chi connectivity index (χ1n) is 5.73. The van der Waals surface area contributed by atoms with Crippen LogP contribution in [0.3, 0.4) is 0 Å². The van der Waals surface area contributed by atoms with E-state index in [9.17, 15) is 4.79 Å². The molecule has 4 nitrogen and oxygen atoms in total. The largest absolute Gasteiger partial charge is 0.481 e. The molecule has 0 saturated heterocycles. The number of hydrogen-bond donors (Lipinski definition) is 1. The average molecular weight is 256 g/mol. The molecule has 0 bridgehead atoms. The van der Waals surface area contributed by atoms with Gasteiger partial charge in [-0.1, -0.05) is 6.92 Å². The van der Waals surface area contributed by atoms with Crippen molar-refractivity contribution in [1.29, 1.82) is 0 Å². The second-order valence-electron chi connectivity index (χ2n) is 4.81. The molecule has 0 aliphatic carbocycles. The summed E-state index contributed by atoms with van der Waals surface area (Å²) < 4.78 is 0. The van der Waals surface area contributed by atoms with Crippen LogP contribution in [-0.2, 0) is 10.2 Å². The van der Waals surface area contributed by atoms with Crippen LogP contribution in [0.15, 0.2) is 5.38 Å². The van der Waals surface area contributed by atoms with E-state index in [-0.39, 0.29) is 0 Å². The Kier molecular flexibility index (Phi) is 4.14. The summed E-state index contributed by atoms with van der Waals surface area (Å²) in [6.07, 6.45) is 1.04. The Labute approximate surface area is 106 Å². The molecule has 1 N–H and O–H groups in total. The second-order valence-corrected chi connectivity index (χ2v) is 5.65. The van der Waals surface area contributed by atoms with Crippen molar-refractivity contribution in [2.45, 2.75) is 45.6 Å². The number of rotatable bonds is 5. The fourth-order valence-corrected chi connectivity index (χ4v) is 2.35. The van der Waals surface area contributed by atoms with Crippen molar-refractivity contribution < 1.29 is 9.90 Å². The Morgan fingerprint density at radius 1 is 1.65 bits per heavy atom. The molecule has 0 aliphatic rings. The van der Waals surface area contributed by atoms with Crippen molar-refractivity contribution in [3.63, 3.8) is 0 Å². The van der Waals surface area contributed by atoms with E-state index >= 15 is 0 Å². The molecule has 1 aromatic rings. The van der Waals surface area contributed by atoms with E-state index in [1.807, 2.05) is 12.4 Å². The van der Waals surface area contributed by atoms with Crippen LogP contribution >= 0.6 is 11.3 Å². The molecule has 0 spiro atoms. The maximum absolute atomic E-state index is 11.1. The fourth-order valence-electron chi connectivity index (χ4n) is 1.29. The molecule has 0 radical (unpaired) electrons. The van der Waals surface area contributed by atoms with E-state index in [0.29, 0.717) is 11.7 Å². The lowest BCUT2D eigenvalue weighted by Gasteiger charge is -2.23. The van der Waals surface area contributed by atoms with Gasteiger partial charge in [-0.15, -0.1) is 11.3 Å². The summed E-state index contributed by atoms with van der Waals surface area (Å²) in [4.78, 5) is 17.7. The van der Waals surface area contributed by atoms with Gasteiger partial charge >= 0.3 is 5.97 Å².